The third kappa shape index (κ3) is 2.41. The molecular weight excluding hydrogens is 266 g/mol. The molecule has 0 atom stereocenters. The van der Waals surface area contributed by atoms with Gasteiger partial charge in [0, 0.05) is 19.2 Å². The number of benzene rings is 1. The highest BCUT2D eigenvalue weighted by Crippen LogP contribution is 2.31. The molecule has 0 spiro atoms. The average Bonchev–Trinajstić information content (AvgIpc) is 2.72. The molecule has 2 rings (SSSR count). The zero-order valence-electron chi connectivity index (χ0n) is 10.9. The summed E-state index contributed by atoms with van der Waals surface area (Å²) in [6.45, 7) is 0.158. The number of aromatic amines is 1. The molecule has 2 aromatic rings. The predicted octanol–water partition coefficient (Wildman–Crippen LogP) is 1.46. The summed E-state index contributed by atoms with van der Waals surface area (Å²) >= 11 is 5.22. The number of aromatic nitrogens is 2. The SMILES string of the molecule is CNC(=O)Cn1c(=S)[nH]c2cc(OC)c(OC)cc21. The minimum atomic E-state index is -0.119. The first-order valence-electron chi connectivity index (χ1n) is 5.65. The highest BCUT2D eigenvalue weighted by atomic mass is 32.1. The molecule has 1 heterocycles. The van der Waals surface area contributed by atoms with E-state index in [0.29, 0.717) is 16.3 Å². The van der Waals surface area contributed by atoms with Crippen molar-refractivity contribution in [3.05, 3.63) is 16.9 Å². The number of hydrogen-bond acceptors (Lipinski definition) is 4. The van der Waals surface area contributed by atoms with Gasteiger partial charge in [0.2, 0.25) is 5.91 Å². The third-order valence-corrected chi connectivity index (χ3v) is 3.18. The molecule has 0 radical (unpaired) electrons. The minimum absolute atomic E-state index is 0.119. The zero-order chi connectivity index (χ0) is 14.0. The molecule has 0 bridgehead atoms. The fourth-order valence-electron chi connectivity index (χ4n) is 1.86. The van der Waals surface area contributed by atoms with E-state index >= 15 is 0 Å². The van der Waals surface area contributed by atoms with Crippen molar-refractivity contribution in [1.82, 2.24) is 14.9 Å². The summed E-state index contributed by atoms with van der Waals surface area (Å²) in [7, 11) is 4.72. The minimum Gasteiger partial charge on any atom is -0.493 e. The monoisotopic (exact) mass is 281 g/mol. The summed E-state index contributed by atoms with van der Waals surface area (Å²) in [5, 5.41) is 2.57. The summed E-state index contributed by atoms with van der Waals surface area (Å²) in [5.41, 5.74) is 1.60. The number of nitrogens with zero attached hydrogens (tertiary/aromatic N) is 1. The lowest BCUT2D eigenvalue weighted by atomic mass is 10.2. The van der Waals surface area contributed by atoms with Crippen LogP contribution in [0.3, 0.4) is 0 Å². The number of ether oxygens (including phenoxy) is 2. The maximum atomic E-state index is 11.5. The Morgan fingerprint density at radius 1 is 1.37 bits per heavy atom. The Balaban J connectivity index is 2.62. The van der Waals surface area contributed by atoms with Gasteiger partial charge in [-0.25, -0.2) is 0 Å². The van der Waals surface area contributed by atoms with Gasteiger partial charge in [-0.15, -0.1) is 0 Å². The van der Waals surface area contributed by atoms with E-state index in [-0.39, 0.29) is 12.5 Å². The van der Waals surface area contributed by atoms with Crippen LogP contribution in [0.15, 0.2) is 12.1 Å². The second kappa shape index (κ2) is 5.31. The number of methoxy groups -OCH3 is 2. The van der Waals surface area contributed by atoms with E-state index in [2.05, 4.69) is 10.3 Å². The lowest BCUT2D eigenvalue weighted by molar-refractivity contribution is -0.121. The summed E-state index contributed by atoms with van der Waals surface area (Å²) in [6.07, 6.45) is 0. The van der Waals surface area contributed by atoms with Gasteiger partial charge in [0.15, 0.2) is 16.3 Å². The first-order valence-corrected chi connectivity index (χ1v) is 6.06. The Morgan fingerprint density at radius 2 is 2.00 bits per heavy atom. The highest BCUT2D eigenvalue weighted by molar-refractivity contribution is 7.71. The summed E-state index contributed by atoms with van der Waals surface area (Å²) in [5.74, 6) is 1.08. The van der Waals surface area contributed by atoms with Gasteiger partial charge in [-0.1, -0.05) is 0 Å². The Morgan fingerprint density at radius 3 is 2.58 bits per heavy atom. The molecule has 0 saturated carbocycles. The first kappa shape index (κ1) is 13.4. The van der Waals surface area contributed by atoms with E-state index in [0.717, 1.165) is 11.0 Å². The molecule has 0 aliphatic heterocycles. The molecule has 0 fully saturated rings. The maximum absolute atomic E-state index is 11.5. The zero-order valence-corrected chi connectivity index (χ0v) is 11.8. The molecule has 1 aromatic heterocycles. The van der Waals surface area contributed by atoms with Crippen LogP contribution in [0, 0.1) is 4.77 Å². The van der Waals surface area contributed by atoms with Crippen molar-refractivity contribution in [3.63, 3.8) is 0 Å². The molecule has 1 amide bonds. The number of amides is 1. The molecule has 102 valence electrons. The van der Waals surface area contributed by atoms with Crippen molar-refractivity contribution in [2.75, 3.05) is 21.3 Å². The number of nitrogens with one attached hydrogen (secondary N) is 2. The van der Waals surface area contributed by atoms with E-state index in [1.54, 1.807) is 38.0 Å². The Bertz CT molecular complexity index is 675. The van der Waals surface area contributed by atoms with Crippen LogP contribution in [-0.4, -0.2) is 36.7 Å². The van der Waals surface area contributed by atoms with E-state index in [1.165, 1.54) is 0 Å². The molecule has 2 N–H and O–H groups in total. The molecule has 0 unspecified atom stereocenters. The van der Waals surface area contributed by atoms with Gasteiger partial charge in [0.05, 0.1) is 25.3 Å². The van der Waals surface area contributed by atoms with Crippen LogP contribution in [0.4, 0.5) is 0 Å². The van der Waals surface area contributed by atoms with Crippen LogP contribution in [0.2, 0.25) is 0 Å². The van der Waals surface area contributed by atoms with E-state index in [4.69, 9.17) is 21.7 Å². The van der Waals surface area contributed by atoms with Crippen molar-refractivity contribution in [1.29, 1.82) is 0 Å². The molecule has 6 nitrogen and oxygen atoms in total. The summed E-state index contributed by atoms with van der Waals surface area (Å²) < 4.78 is 12.7. The number of rotatable bonds is 4. The second-order valence-electron chi connectivity index (χ2n) is 3.91. The molecular formula is C12H15N3O3S. The van der Waals surface area contributed by atoms with Gasteiger partial charge in [-0.05, 0) is 12.2 Å². The van der Waals surface area contributed by atoms with Gasteiger partial charge in [0.1, 0.15) is 6.54 Å². The molecule has 1 aromatic carbocycles. The lowest BCUT2D eigenvalue weighted by Gasteiger charge is -2.08. The predicted molar refractivity (Wildman–Crippen MR) is 74.3 cm³/mol. The van der Waals surface area contributed by atoms with Crippen LogP contribution in [-0.2, 0) is 11.3 Å². The van der Waals surface area contributed by atoms with Gasteiger partial charge in [0.25, 0.3) is 0 Å². The topological polar surface area (TPSA) is 68.3 Å². The summed E-state index contributed by atoms with van der Waals surface area (Å²) in [4.78, 5) is 14.5. The van der Waals surface area contributed by atoms with Crippen LogP contribution in [0.25, 0.3) is 11.0 Å². The fourth-order valence-corrected chi connectivity index (χ4v) is 2.14. The van der Waals surface area contributed by atoms with E-state index < -0.39 is 0 Å². The van der Waals surface area contributed by atoms with Gasteiger partial charge in [-0.2, -0.15) is 0 Å². The van der Waals surface area contributed by atoms with Crippen molar-refractivity contribution < 1.29 is 14.3 Å². The van der Waals surface area contributed by atoms with Gasteiger partial charge < -0.3 is 24.3 Å². The fraction of sp³-hybridized carbons (Fsp3) is 0.333. The van der Waals surface area contributed by atoms with E-state index in [9.17, 15) is 4.79 Å². The quantitative estimate of drug-likeness (QED) is 0.833. The van der Waals surface area contributed by atoms with Crippen molar-refractivity contribution in [3.8, 4) is 11.5 Å². The average molecular weight is 281 g/mol. The number of carbonyl (C=O) groups is 1. The Kier molecular flexibility index (Phi) is 3.75. The number of carbonyl (C=O) groups excluding carboxylic acids is 1. The van der Waals surface area contributed by atoms with Gasteiger partial charge >= 0.3 is 0 Å². The largest absolute Gasteiger partial charge is 0.493 e. The smallest absolute Gasteiger partial charge is 0.239 e. The number of hydrogen-bond donors (Lipinski definition) is 2. The first-order chi connectivity index (χ1) is 9.10. The third-order valence-electron chi connectivity index (χ3n) is 2.86. The highest BCUT2D eigenvalue weighted by Gasteiger charge is 2.12. The van der Waals surface area contributed by atoms with Crippen LogP contribution in [0.5, 0.6) is 11.5 Å². The standard InChI is InChI=1S/C12H15N3O3S/c1-13-11(16)6-15-8-5-10(18-3)9(17-2)4-7(8)14-12(15)19/h4-5H,6H2,1-3H3,(H,13,16)(H,14,19). The number of imidazole rings is 1. The molecule has 19 heavy (non-hydrogen) atoms. The number of likely N-dealkylation sites (N-methyl/N-ethyl adjacent to an activating group) is 1. The summed E-state index contributed by atoms with van der Waals surface area (Å²) in [6, 6.07) is 3.59. The van der Waals surface area contributed by atoms with Crippen LogP contribution < -0.4 is 14.8 Å². The van der Waals surface area contributed by atoms with Crippen LogP contribution >= 0.6 is 12.2 Å². The molecule has 0 aliphatic carbocycles. The molecule has 0 saturated heterocycles. The van der Waals surface area contributed by atoms with Crippen molar-refractivity contribution >= 4 is 29.2 Å². The van der Waals surface area contributed by atoms with Crippen LogP contribution in [0.1, 0.15) is 0 Å². The second-order valence-corrected chi connectivity index (χ2v) is 4.30. The van der Waals surface area contributed by atoms with Crippen molar-refractivity contribution in [2.24, 2.45) is 0 Å². The van der Waals surface area contributed by atoms with E-state index in [1.807, 2.05) is 0 Å². The number of fused-ring (bicyclic) bond motifs is 1. The molecule has 0 aliphatic rings. The Labute approximate surface area is 115 Å². The maximum Gasteiger partial charge on any atom is 0.239 e. The lowest BCUT2D eigenvalue weighted by Crippen LogP contribution is -2.23. The van der Waals surface area contributed by atoms with Gasteiger partial charge in [-0.3, -0.25) is 4.79 Å². The van der Waals surface area contributed by atoms with Crippen molar-refractivity contribution in [2.45, 2.75) is 6.54 Å². The Hall–Kier alpha value is -2.02. The normalized spacial score (nSPS) is 10.5. The molecule has 7 heteroatoms. The number of H-pyrrole nitrogens is 1.